The minimum absolute atomic E-state index is 0.136. The van der Waals surface area contributed by atoms with Crippen molar-refractivity contribution in [3.05, 3.63) is 82.9 Å². The molecule has 0 saturated carbocycles. The zero-order valence-electron chi connectivity index (χ0n) is 11.9. The van der Waals surface area contributed by atoms with E-state index in [1.54, 1.807) is 12.1 Å². The summed E-state index contributed by atoms with van der Waals surface area (Å²) >= 11 is 6.17. The van der Waals surface area contributed by atoms with Gasteiger partial charge < -0.3 is 10.0 Å². The van der Waals surface area contributed by atoms with Crippen LogP contribution in [0.5, 0.6) is 0 Å². The van der Waals surface area contributed by atoms with Gasteiger partial charge in [-0.15, -0.1) is 0 Å². The van der Waals surface area contributed by atoms with E-state index in [9.17, 15) is 9.90 Å². The Morgan fingerprint density at radius 1 is 1.00 bits per heavy atom. The van der Waals surface area contributed by atoms with Crippen molar-refractivity contribution < 1.29 is 9.90 Å². The van der Waals surface area contributed by atoms with Crippen molar-refractivity contribution in [1.29, 1.82) is 0 Å². The van der Waals surface area contributed by atoms with Crippen molar-refractivity contribution in [3.63, 3.8) is 0 Å². The number of carbonyl (C=O) groups is 1. The first kappa shape index (κ1) is 14.8. The van der Waals surface area contributed by atoms with Crippen LogP contribution in [-0.4, -0.2) is 22.5 Å². The summed E-state index contributed by atoms with van der Waals surface area (Å²) in [6.45, 7) is 0.390. The van der Waals surface area contributed by atoms with Gasteiger partial charge in [-0.05, 0) is 12.0 Å². The molecular weight excluding hydrogens is 298 g/mol. The Kier molecular flexibility index (Phi) is 4.01. The topological polar surface area (TPSA) is 40.5 Å². The van der Waals surface area contributed by atoms with Crippen LogP contribution >= 0.6 is 11.6 Å². The van der Waals surface area contributed by atoms with Gasteiger partial charge in [0.2, 0.25) is 5.72 Å². The fraction of sp³-hybridized carbons (Fsp3) is 0.167. The number of hydrogen-bond acceptors (Lipinski definition) is 2. The Morgan fingerprint density at radius 3 is 2.23 bits per heavy atom. The largest absolute Gasteiger partial charge is 0.362 e. The molecule has 1 heterocycles. The predicted molar refractivity (Wildman–Crippen MR) is 86.1 cm³/mol. The number of amides is 1. The average Bonchev–Trinajstić information content (AvgIpc) is 2.78. The van der Waals surface area contributed by atoms with Gasteiger partial charge in [-0.3, -0.25) is 4.79 Å². The molecule has 0 radical (unpaired) electrons. The maximum Gasteiger partial charge on any atom is 0.250 e. The molecule has 0 aromatic heterocycles. The fourth-order valence-electron chi connectivity index (χ4n) is 2.70. The number of carbonyl (C=O) groups excluding carboxylic acids is 1. The third-order valence-electron chi connectivity index (χ3n) is 3.88. The Labute approximate surface area is 134 Å². The van der Waals surface area contributed by atoms with Crippen molar-refractivity contribution in [2.24, 2.45) is 0 Å². The zero-order chi connectivity index (χ0) is 15.6. The summed E-state index contributed by atoms with van der Waals surface area (Å²) in [7, 11) is 0. The quantitative estimate of drug-likeness (QED) is 0.942. The third-order valence-corrected chi connectivity index (χ3v) is 4.26. The van der Waals surface area contributed by atoms with Crippen molar-refractivity contribution in [3.8, 4) is 0 Å². The predicted octanol–water partition coefficient (Wildman–Crippen LogP) is 3.04. The van der Waals surface area contributed by atoms with E-state index in [-0.39, 0.29) is 10.9 Å². The van der Waals surface area contributed by atoms with Gasteiger partial charge in [-0.25, -0.2) is 0 Å². The standard InChI is InChI=1S/C18H16ClNO2/c19-16-13-17(21)20(12-11-14-7-3-1-4-8-14)18(16,22)15-9-5-2-6-10-15/h1-10,13,22H,11-12H2. The van der Waals surface area contributed by atoms with Gasteiger partial charge in [0.1, 0.15) is 0 Å². The summed E-state index contributed by atoms with van der Waals surface area (Å²) in [5, 5.41) is 11.2. The molecule has 4 heteroatoms. The average molecular weight is 314 g/mol. The molecule has 3 rings (SSSR count). The minimum Gasteiger partial charge on any atom is -0.362 e. The highest BCUT2D eigenvalue weighted by atomic mass is 35.5. The highest BCUT2D eigenvalue weighted by Crippen LogP contribution is 2.40. The van der Waals surface area contributed by atoms with E-state index in [2.05, 4.69) is 0 Å². The minimum atomic E-state index is -1.57. The molecule has 1 N–H and O–H groups in total. The molecule has 2 aromatic carbocycles. The lowest BCUT2D eigenvalue weighted by atomic mass is 10.0. The summed E-state index contributed by atoms with van der Waals surface area (Å²) in [6.07, 6.45) is 1.94. The second-order valence-corrected chi connectivity index (χ2v) is 5.66. The summed E-state index contributed by atoms with van der Waals surface area (Å²) in [4.78, 5) is 13.6. The summed E-state index contributed by atoms with van der Waals surface area (Å²) in [6, 6.07) is 18.9. The van der Waals surface area contributed by atoms with Crippen molar-refractivity contribution in [2.75, 3.05) is 6.54 Å². The Morgan fingerprint density at radius 2 is 1.59 bits per heavy atom. The number of halogens is 1. The van der Waals surface area contributed by atoms with E-state index in [1.165, 1.54) is 11.0 Å². The highest BCUT2D eigenvalue weighted by Gasteiger charge is 2.46. The number of benzene rings is 2. The summed E-state index contributed by atoms with van der Waals surface area (Å²) in [5.74, 6) is -0.271. The maximum absolute atomic E-state index is 12.2. The summed E-state index contributed by atoms with van der Waals surface area (Å²) in [5.41, 5.74) is 0.123. The lowest BCUT2D eigenvalue weighted by Gasteiger charge is -2.35. The lowest BCUT2D eigenvalue weighted by Crippen LogP contribution is -2.46. The molecule has 0 fully saturated rings. The van der Waals surface area contributed by atoms with Crippen LogP contribution in [0, 0.1) is 0 Å². The van der Waals surface area contributed by atoms with Gasteiger partial charge in [0.05, 0.1) is 5.03 Å². The number of hydrogen-bond donors (Lipinski definition) is 1. The molecule has 112 valence electrons. The van der Waals surface area contributed by atoms with Crippen LogP contribution in [0.2, 0.25) is 0 Å². The zero-order valence-corrected chi connectivity index (χ0v) is 12.7. The normalized spacial score (nSPS) is 21.1. The molecule has 1 unspecified atom stereocenters. The van der Waals surface area contributed by atoms with Gasteiger partial charge in [0, 0.05) is 18.2 Å². The second kappa shape index (κ2) is 5.95. The molecule has 22 heavy (non-hydrogen) atoms. The molecule has 2 aromatic rings. The Balaban J connectivity index is 1.87. The van der Waals surface area contributed by atoms with Crippen LogP contribution in [0.25, 0.3) is 0 Å². The van der Waals surface area contributed by atoms with Crippen molar-refractivity contribution >= 4 is 17.5 Å². The smallest absolute Gasteiger partial charge is 0.250 e. The van der Waals surface area contributed by atoms with Gasteiger partial charge >= 0.3 is 0 Å². The van der Waals surface area contributed by atoms with Gasteiger partial charge in [-0.1, -0.05) is 72.3 Å². The molecule has 1 aliphatic rings. The van der Waals surface area contributed by atoms with E-state index >= 15 is 0 Å². The van der Waals surface area contributed by atoms with Crippen LogP contribution in [0.4, 0.5) is 0 Å². The van der Waals surface area contributed by atoms with Crippen LogP contribution in [0.15, 0.2) is 71.8 Å². The van der Waals surface area contributed by atoms with Gasteiger partial charge in [0.15, 0.2) is 0 Å². The molecule has 1 amide bonds. The molecular formula is C18H16ClNO2. The highest BCUT2D eigenvalue weighted by molar-refractivity contribution is 6.33. The second-order valence-electron chi connectivity index (χ2n) is 5.26. The lowest BCUT2D eigenvalue weighted by molar-refractivity contribution is -0.143. The Bertz CT molecular complexity index is 700. The van der Waals surface area contributed by atoms with Crippen LogP contribution in [0.3, 0.4) is 0 Å². The monoisotopic (exact) mass is 313 g/mol. The fourth-order valence-corrected chi connectivity index (χ4v) is 3.00. The maximum atomic E-state index is 12.2. The SMILES string of the molecule is O=C1C=C(Cl)C(O)(c2ccccc2)N1CCc1ccccc1. The molecule has 0 spiro atoms. The van der Waals surface area contributed by atoms with Crippen LogP contribution < -0.4 is 0 Å². The Hall–Kier alpha value is -2.10. The summed E-state index contributed by atoms with van der Waals surface area (Å²) < 4.78 is 0. The first-order chi connectivity index (χ1) is 10.6. The van der Waals surface area contributed by atoms with Gasteiger partial charge in [0.25, 0.3) is 5.91 Å². The van der Waals surface area contributed by atoms with E-state index < -0.39 is 5.72 Å². The van der Waals surface area contributed by atoms with E-state index in [1.807, 2.05) is 48.5 Å². The molecule has 1 aliphatic heterocycles. The third kappa shape index (κ3) is 2.54. The molecule has 0 bridgehead atoms. The van der Waals surface area contributed by atoms with Crippen LogP contribution in [-0.2, 0) is 16.9 Å². The van der Waals surface area contributed by atoms with Crippen molar-refractivity contribution in [1.82, 2.24) is 4.90 Å². The molecule has 0 saturated heterocycles. The van der Waals surface area contributed by atoms with Crippen molar-refractivity contribution in [2.45, 2.75) is 12.1 Å². The first-order valence-corrected chi connectivity index (χ1v) is 7.51. The number of nitrogens with zero attached hydrogens (tertiary/aromatic N) is 1. The molecule has 1 atom stereocenters. The first-order valence-electron chi connectivity index (χ1n) is 7.13. The molecule has 3 nitrogen and oxygen atoms in total. The van der Waals surface area contributed by atoms with Gasteiger partial charge in [-0.2, -0.15) is 0 Å². The van der Waals surface area contributed by atoms with E-state index in [4.69, 9.17) is 11.6 Å². The van der Waals surface area contributed by atoms with E-state index in [0.717, 1.165) is 5.56 Å². The number of rotatable bonds is 4. The van der Waals surface area contributed by atoms with E-state index in [0.29, 0.717) is 18.5 Å². The van der Waals surface area contributed by atoms with Crippen LogP contribution in [0.1, 0.15) is 11.1 Å². The number of aliphatic hydroxyl groups is 1. The molecule has 0 aliphatic carbocycles.